The van der Waals surface area contributed by atoms with E-state index in [1.165, 1.54) is 6.07 Å². The summed E-state index contributed by atoms with van der Waals surface area (Å²) in [7, 11) is 0. The molecule has 3 heteroatoms. The van der Waals surface area contributed by atoms with E-state index in [1.54, 1.807) is 6.20 Å². The van der Waals surface area contributed by atoms with Gasteiger partial charge in [0, 0.05) is 17.8 Å². The van der Waals surface area contributed by atoms with Gasteiger partial charge < -0.3 is 4.98 Å². The number of aromatic nitrogens is 1. The van der Waals surface area contributed by atoms with Crippen LogP contribution in [0.15, 0.2) is 21.7 Å². The minimum absolute atomic E-state index is 0.0909. The van der Waals surface area contributed by atoms with Crippen LogP contribution in [0.5, 0.6) is 0 Å². The van der Waals surface area contributed by atoms with Crippen LogP contribution in [0.2, 0.25) is 0 Å². The first-order chi connectivity index (χ1) is 4.75. The molecular formula is C7H8BrNO. The lowest BCUT2D eigenvalue weighted by Gasteiger charge is -1.96. The lowest BCUT2D eigenvalue weighted by Crippen LogP contribution is -2.07. The summed E-state index contributed by atoms with van der Waals surface area (Å²) < 4.78 is 0.794. The maximum atomic E-state index is 11.0. The summed E-state index contributed by atoms with van der Waals surface area (Å²) >= 11 is 3.25. The zero-order valence-electron chi connectivity index (χ0n) is 5.65. The predicted molar refractivity (Wildman–Crippen MR) is 44.1 cm³/mol. The number of H-pyrrole nitrogens is 1. The van der Waals surface area contributed by atoms with Crippen molar-refractivity contribution in [1.29, 1.82) is 0 Å². The Bertz CT molecular complexity index is 279. The first kappa shape index (κ1) is 7.54. The fraction of sp³-hybridized carbons (Fsp3) is 0.286. The second kappa shape index (κ2) is 3.01. The van der Waals surface area contributed by atoms with Gasteiger partial charge >= 0.3 is 0 Å². The summed E-state index contributed by atoms with van der Waals surface area (Å²) in [6, 6.07) is 1.53. The van der Waals surface area contributed by atoms with Gasteiger partial charge in [0.1, 0.15) is 0 Å². The molecule has 0 fully saturated rings. The lowest BCUT2D eigenvalue weighted by molar-refractivity contribution is 1.06. The summed E-state index contributed by atoms with van der Waals surface area (Å²) in [5, 5.41) is 0. The highest BCUT2D eigenvalue weighted by Gasteiger charge is 1.99. The van der Waals surface area contributed by atoms with E-state index in [2.05, 4.69) is 20.9 Å². The van der Waals surface area contributed by atoms with E-state index in [9.17, 15) is 4.79 Å². The summed E-state index contributed by atoms with van der Waals surface area (Å²) in [6.45, 7) is 1.95. The molecule has 54 valence electrons. The van der Waals surface area contributed by atoms with E-state index in [-0.39, 0.29) is 5.43 Å². The molecular weight excluding hydrogens is 194 g/mol. The molecule has 0 aliphatic carbocycles. The number of pyridine rings is 1. The SMILES string of the molecule is CCc1c(Br)[nH]ccc1=O. The van der Waals surface area contributed by atoms with E-state index in [4.69, 9.17) is 0 Å². The standard InChI is InChI=1S/C7H8BrNO/c1-2-5-6(10)3-4-9-7(5)8/h3-4H,2H2,1H3,(H,9,10). The zero-order chi connectivity index (χ0) is 7.56. The smallest absolute Gasteiger partial charge is 0.185 e. The molecule has 0 atom stereocenters. The van der Waals surface area contributed by atoms with Crippen molar-refractivity contribution in [2.24, 2.45) is 0 Å². The second-order valence-corrected chi connectivity index (χ2v) is 2.78. The number of nitrogens with one attached hydrogen (secondary N) is 1. The van der Waals surface area contributed by atoms with Gasteiger partial charge in [0.2, 0.25) is 0 Å². The normalized spacial score (nSPS) is 9.80. The molecule has 1 aromatic heterocycles. The van der Waals surface area contributed by atoms with Crippen molar-refractivity contribution in [2.75, 3.05) is 0 Å². The maximum absolute atomic E-state index is 11.0. The van der Waals surface area contributed by atoms with Gasteiger partial charge in [-0.25, -0.2) is 0 Å². The van der Waals surface area contributed by atoms with Gasteiger partial charge in [-0.1, -0.05) is 6.92 Å². The minimum atomic E-state index is 0.0909. The van der Waals surface area contributed by atoms with E-state index < -0.39 is 0 Å². The number of rotatable bonds is 1. The highest BCUT2D eigenvalue weighted by Crippen LogP contribution is 2.07. The molecule has 0 spiro atoms. The van der Waals surface area contributed by atoms with Crippen molar-refractivity contribution in [3.63, 3.8) is 0 Å². The van der Waals surface area contributed by atoms with Gasteiger partial charge in [0.05, 0.1) is 4.60 Å². The Kier molecular flexibility index (Phi) is 2.27. The lowest BCUT2D eigenvalue weighted by atomic mass is 10.2. The highest BCUT2D eigenvalue weighted by molar-refractivity contribution is 9.10. The number of halogens is 1. The minimum Gasteiger partial charge on any atom is -0.356 e. The number of hydrogen-bond donors (Lipinski definition) is 1. The summed E-state index contributed by atoms with van der Waals surface area (Å²) in [5.74, 6) is 0. The Balaban J connectivity index is 3.31. The molecule has 0 radical (unpaired) electrons. The first-order valence-corrected chi connectivity index (χ1v) is 3.91. The Morgan fingerprint density at radius 1 is 1.70 bits per heavy atom. The second-order valence-electron chi connectivity index (χ2n) is 1.99. The predicted octanol–water partition coefficient (Wildman–Crippen LogP) is 1.70. The Morgan fingerprint density at radius 2 is 2.40 bits per heavy atom. The van der Waals surface area contributed by atoms with E-state index in [0.717, 1.165) is 16.6 Å². The molecule has 0 amide bonds. The van der Waals surface area contributed by atoms with Crippen molar-refractivity contribution in [3.8, 4) is 0 Å². The van der Waals surface area contributed by atoms with Crippen LogP contribution in [-0.2, 0) is 6.42 Å². The average Bonchev–Trinajstić information content (AvgIpc) is 1.88. The Morgan fingerprint density at radius 3 is 2.80 bits per heavy atom. The molecule has 0 bridgehead atoms. The largest absolute Gasteiger partial charge is 0.356 e. The molecule has 0 saturated carbocycles. The summed E-state index contributed by atoms with van der Waals surface area (Å²) in [4.78, 5) is 13.9. The summed E-state index contributed by atoms with van der Waals surface area (Å²) in [5.41, 5.74) is 0.899. The number of aromatic amines is 1. The van der Waals surface area contributed by atoms with E-state index in [0.29, 0.717) is 0 Å². The molecule has 0 saturated heterocycles. The monoisotopic (exact) mass is 201 g/mol. The van der Waals surface area contributed by atoms with Gasteiger partial charge in [0.25, 0.3) is 0 Å². The topological polar surface area (TPSA) is 32.9 Å². The molecule has 1 aromatic rings. The first-order valence-electron chi connectivity index (χ1n) is 3.11. The van der Waals surface area contributed by atoms with E-state index in [1.807, 2.05) is 6.92 Å². The zero-order valence-corrected chi connectivity index (χ0v) is 7.23. The van der Waals surface area contributed by atoms with Crippen LogP contribution in [0.25, 0.3) is 0 Å². The van der Waals surface area contributed by atoms with E-state index >= 15 is 0 Å². The van der Waals surface area contributed by atoms with Crippen LogP contribution in [0.4, 0.5) is 0 Å². The highest BCUT2D eigenvalue weighted by atomic mass is 79.9. The van der Waals surface area contributed by atoms with Crippen LogP contribution in [0.3, 0.4) is 0 Å². The van der Waals surface area contributed by atoms with Crippen LogP contribution < -0.4 is 5.43 Å². The van der Waals surface area contributed by atoms with Gasteiger partial charge in [0.15, 0.2) is 5.43 Å². The van der Waals surface area contributed by atoms with Gasteiger partial charge in [-0.15, -0.1) is 0 Å². The van der Waals surface area contributed by atoms with Gasteiger partial charge in [-0.2, -0.15) is 0 Å². The van der Waals surface area contributed by atoms with Crippen molar-refractivity contribution in [1.82, 2.24) is 4.98 Å². The molecule has 1 heterocycles. The van der Waals surface area contributed by atoms with Crippen molar-refractivity contribution >= 4 is 15.9 Å². The average molecular weight is 202 g/mol. The molecule has 2 nitrogen and oxygen atoms in total. The van der Waals surface area contributed by atoms with Crippen LogP contribution in [-0.4, -0.2) is 4.98 Å². The van der Waals surface area contributed by atoms with Crippen molar-refractivity contribution in [2.45, 2.75) is 13.3 Å². The summed E-state index contributed by atoms with van der Waals surface area (Å²) in [6.07, 6.45) is 2.39. The number of hydrogen-bond acceptors (Lipinski definition) is 1. The third kappa shape index (κ3) is 1.29. The molecule has 0 aromatic carbocycles. The maximum Gasteiger partial charge on any atom is 0.185 e. The van der Waals surface area contributed by atoms with Crippen LogP contribution >= 0.6 is 15.9 Å². The van der Waals surface area contributed by atoms with Crippen molar-refractivity contribution < 1.29 is 0 Å². The fourth-order valence-electron chi connectivity index (χ4n) is 0.816. The molecule has 1 rings (SSSR count). The Labute approximate surface area is 67.4 Å². The molecule has 10 heavy (non-hydrogen) atoms. The molecule has 1 N–H and O–H groups in total. The third-order valence-corrected chi connectivity index (χ3v) is 2.07. The molecule has 0 aliphatic rings. The third-order valence-electron chi connectivity index (χ3n) is 1.36. The van der Waals surface area contributed by atoms with Crippen molar-refractivity contribution in [3.05, 3.63) is 32.7 Å². The van der Waals surface area contributed by atoms with Crippen LogP contribution in [0, 0.1) is 0 Å². The quantitative estimate of drug-likeness (QED) is 0.690. The van der Waals surface area contributed by atoms with Gasteiger partial charge in [-0.3, -0.25) is 4.79 Å². The van der Waals surface area contributed by atoms with Gasteiger partial charge in [-0.05, 0) is 22.4 Å². The fourth-order valence-corrected chi connectivity index (χ4v) is 1.42. The Hall–Kier alpha value is -0.570. The molecule has 0 aliphatic heterocycles. The molecule has 0 unspecified atom stereocenters. The van der Waals surface area contributed by atoms with Crippen LogP contribution in [0.1, 0.15) is 12.5 Å².